The molecule has 72 valence electrons. The van der Waals surface area contributed by atoms with Crippen molar-refractivity contribution in [2.75, 3.05) is 0 Å². The molecule has 14 heavy (non-hydrogen) atoms. The van der Waals surface area contributed by atoms with Crippen LogP contribution in [0.2, 0.25) is 0 Å². The third kappa shape index (κ3) is 1.35. The minimum Gasteiger partial charge on any atom is -0.332 e. The molecule has 0 radical (unpaired) electrons. The molecule has 4 nitrogen and oxygen atoms in total. The lowest BCUT2D eigenvalue weighted by Crippen LogP contribution is -1.89. The Morgan fingerprint density at radius 3 is 2.86 bits per heavy atom. The van der Waals surface area contributed by atoms with Gasteiger partial charge in [0.15, 0.2) is 6.29 Å². The second kappa shape index (κ2) is 3.34. The van der Waals surface area contributed by atoms with Crippen LogP contribution in [0.5, 0.6) is 0 Å². The van der Waals surface area contributed by atoms with Gasteiger partial charge in [0, 0.05) is 11.9 Å². The zero-order valence-corrected chi connectivity index (χ0v) is 8.71. The fraction of sp³-hybridized carbons (Fsp3) is 0.222. The summed E-state index contributed by atoms with van der Waals surface area (Å²) in [6.07, 6.45) is 4.24. The monoisotopic (exact) mass is 207 g/mol. The van der Waals surface area contributed by atoms with Gasteiger partial charge in [0.1, 0.15) is 10.7 Å². The van der Waals surface area contributed by atoms with Gasteiger partial charge in [0.2, 0.25) is 0 Å². The predicted molar refractivity (Wildman–Crippen MR) is 54.4 cm³/mol. The number of aryl methyl sites for hydroxylation is 2. The van der Waals surface area contributed by atoms with Crippen molar-refractivity contribution in [3.05, 3.63) is 23.1 Å². The Bertz CT molecular complexity index is 472. The van der Waals surface area contributed by atoms with Gasteiger partial charge >= 0.3 is 0 Å². The van der Waals surface area contributed by atoms with Crippen LogP contribution in [0.3, 0.4) is 0 Å². The van der Waals surface area contributed by atoms with Gasteiger partial charge in [0.05, 0.1) is 18.2 Å². The van der Waals surface area contributed by atoms with Crippen LogP contribution in [0.1, 0.15) is 15.4 Å². The van der Waals surface area contributed by atoms with Crippen LogP contribution in [-0.2, 0) is 7.05 Å². The highest BCUT2D eigenvalue weighted by Crippen LogP contribution is 2.25. The molecule has 2 heterocycles. The number of aromatic nitrogens is 3. The third-order valence-corrected chi connectivity index (χ3v) is 2.99. The smallest absolute Gasteiger partial charge is 0.169 e. The molecule has 0 aromatic carbocycles. The Kier molecular flexibility index (Phi) is 2.17. The normalized spacial score (nSPS) is 10.4. The summed E-state index contributed by atoms with van der Waals surface area (Å²) in [4.78, 5) is 19.8. The first-order valence-corrected chi connectivity index (χ1v) is 4.93. The van der Waals surface area contributed by atoms with Crippen LogP contribution >= 0.6 is 11.3 Å². The second-order valence-corrected chi connectivity index (χ2v) is 4.17. The average Bonchev–Trinajstić information content (AvgIpc) is 2.71. The summed E-state index contributed by atoms with van der Waals surface area (Å²) in [5.74, 6) is 0. The number of carbonyl (C=O) groups is 1. The van der Waals surface area contributed by atoms with Crippen LogP contribution in [0, 0.1) is 6.92 Å². The molecule has 0 saturated carbocycles. The van der Waals surface area contributed by atoms with Gasteiger partial charge in [-0.25, -0.2) is 9.97 Å². The van der Waals surface area contributed by atoms with E-state index in [9.17, 15) is 4.79 Å². The van der Waals surface area contributed by atoms with Gasteiger partial charge in [-0.3, -0.25) is 4.79 Å². The van der Waals surface area contributed by atoms with Gasteiger partial charge in [-0.05, 0) is 6.92 Å². The summed E-state index contributed by atoms with van der Waals surface area (Å²) in [5, 5.41) is 0.838. The third-order valence-electron chi connectivity index (χ3n) is 1.98. The van der Waals surface area contributed by atoms with Gasteiger partial charge in [-0.15, -0.1) is 11.3 Å². The maximum atomic E-state index is 10.6. The molecule has 0 aliphatic rings. The minimum absolute atomic E-state index is 0.520. The first-order valence-electron chi connectivity index (χ1n) is 4.11. The molecule has 2 rings (SSSR count). The number of nitrogens with zero attached hydrogens (tertiary/aromatic N) is 3. The Morgan fingerprint density at radius 2 is 2.36 bits per heavy atom. The number of rotatable bonds is 2. The summed E-state index contributed by atoms with van der Waals surface area (Å²) in [6, 6.07) is 0. The molecule has 5 heteroatoms. The molecular weight excluding hydrogens is 198 g/mol. The largest absolute Gasteiger partial charge is 0.332 e. The highest BCUT2D eigenvalue weighted by molar-refractivity contribution is 7.15. The number of hydrogen-bond donors (Lipinski definition) is 0. The molecule has 0 fully saturated rings. The average molecular weight is 207 g/mol. The molecule has 0 spiro atoms. The Morgan fingerprint density at radius 1 is 1.57 bits per heavy atom. The van der Waals surface area contributed by atoms with E-state index < -0.39 is 0 Å². The van der Waals surface area contributed by atoms with Gasteiger partial charge < -0.3 is 4.57 Å². The number of hydrogen-bond acceptors (Lipinski definition) is 4. The van der Waals surface area contributed by atoms with E-state index in [1.165, 1.54) is 11.3 Å². The van der Waals surface area contributed by atoms with Crippen LogP contribution in [-0.4, -0.2) is 20.8 Å². The van der Waals surface area contributed by atoms with E-state index in [4.69, 9.17) is 0 Å². The highest BCUT2D eigenvalue weighted by atomic mass is 32.1. The molecule has 0 bridgehead atoms. The summed E-state index contributed by atoms with van der Waals surface area (Å²) in [5.41, 5.74) is 1.46. The van der Waals surface area contributed by atoms with E-state index in [0.717, 1.165) is 21.9 Å². The molecule has 0 atom stereocenters. The number of aldehydes is 1. The first-order chi connectivity index (χ1) is 6.72. The highest BCUT2D eigenvalue weighted by Gasteiger charge is 2.10. The van der Waals surface area contributed by atoms with Crippen molar-refractivity contribution in [2.24, 2.45) is 7.05 Å². The van der Waals surface area contributed by atoms with Gasteiger partial charge in [0.25, 0.3) is 0 Å². The minimum atomic E-state index is 0.520. The summed E-state index contributed by atoms with van der Waals surface area (Å²) >= 11 is 1.51. The van der Waals surface area contributed by atoms with Crippen molar-refractivity contribution >= 4 is 17.6 Å². The van der Waals surface area contributed by atoms with Crippen molar-refractivity contribution < 1.29 is 4.79 Å². The number of carbonyl (C=O) groups excluding carboxylic acids is 1. The van der Waals surface area contributed by atoms with Crippen molar-refractivity contribution in [1.82, 2.24) is 14.5 Å². The zero-order valence-electron chi connectivity index (χ0n) is 7.89. The van der Waals surface area contributed by atoms with Crippen LogP contribution < -0.4 is 0 Å². The van der Waals surface area contributed by atoms with Crippen LogP contribution in [0.25, 0.3) is 10.7 Å². The molecule has 0 aliphatic heterocycles. The second-order valence-electron chi connectivity index (χ2n) is 2.97. The molecule has 0 aliphatic carbocycles. The van der Waals surface area contributed by atoms with Crippen molar-refractivity contribution in [3.8, 4) is 10.7 Å². The number of thiazole rings is 1. The molecule has 0 saturated heterocycles. The zero-order chi connectivity index (χ0) is 10.1. The summed E-state index contributed by atoms with van der Waals surface area (Å²) in [7, 11) is 1.90. The standard InChI is InChI=1S/C9H9N3OS/c1-6-7(4-13)11-9(14-6)8-3-10-5-12(8)2/h3-5H,1-2H3. The lowest BCUT2D eigenvalue weighted by molar-refractivity contribution is 0.111. The van der Waals surface area contributed by atoms with E-state index in [1.807, 2.05) is 18.5 Å². The van der Waals surface area contributed by atoms with E-state index in [2.05, 4.69) is 9.97 Å². The quantitative estimate of drug-likeness (QED) is 0.704. The maximum Gasteiger partial charge on any atom is 0.169 e. The van der Waals surface area contributed by atoms with Crippen molar-refractivity contribution in [2.45, 2.75) is 6.92 Å². The van der Waals surface area contributed by atoms with Crippen molar-refractivity contribution in [3.63, 3.8) is 0 Å². The molecule has 0 unspecified atom stereocenters. The molecule has 0 amide bonds. The van der Waals surface area contributed by atoms with Crippen LogP contribution in [0.15, 0.2) is 12.5 Å². The SMILES string of the molecule is Cc1sc(-c2cncn2C)nc1C=O. The van der Waals surface area contributed by atoms with Gasteiger partial charge in [-0.1, -0.05) is 0 Å². The lowest BCUT2D eigenvalue weighted by Gasteiger charge is -1.94. The Hall–Kier alpha value is -1.49. The summed E-state index contributed by atoms with van der Waals surface area (Å²) in [6.45, 7) is 1.89. The van der Waals surface area contributed by atoms with E-state index in [1.54, 1.807) is 12.5 Å². The fourth-order valence-electron chi connectivity index (χ4n) is 1.19. The fourth-order valence-corrected chi connectivity index (χ4v) is 2.12. The maximum absolute atomic E-state index is 10.6. The molecule has 2 aromatic rings. The van der Waals surface area contributed by atoms with E-state index >= 15 is 0 Å². The number of imidazole rings is 1. The molecule has 2 aromatic heterocycles. The molecule has 0 N–H and O–H groups in total. The summed E-state index contributed by atoms with van der Waals surface area (Å²) < 4.78 is 1.88. The Balaban J connectivity index is 2.53. The van der Waals surface area contributed by atoms with Crippen molar-refractivity contribution in [1.29, 1.82) is 0 Å². The van der Waals surface area contributed by atoms with E-state index in [0.29, 0.717) is 5.69 Å². The topological polar surface area (TPSA) is 47.8 Å². The van der Waals surface area contributed by atoms with Crippen LogP contribution in [0.4, 0.5) is 0 Å². The molecular formula is C9H9N3OS. The van der Waals surface area contributed by atoms with Gasteiger partial charge in [-0.2, -0.15) is 0 Å². The predicted octanol–water partition coefficient (Wildman–Crippen LogP) is 1.66. The van der Waals surface area contributed by atoms with E-state index in [-0.39, 0.29) is 0 Å². The lowest BCUT2D eigenvalue weighted by atomic mass is 10.4. The Labute approximate surface area is 85.2 Å². The first kappa shape index (κ1) is 9.08.